The highest BCUT2D eigenvalue weighted by Crippen LogP contribution is 2.21. The third-order valence-electron chi connectivity index (χ3n) is 3.67. The topological polar surface area (TPSA) is 95.0 Å². The van der Waals surface area contributed by atoms with Gasteiger partial charge in [0.2, 0.25) is 10.0 Å². The normalized spacial score (nSPS) is 20.1. The van der Waals surface area contributed by atoms with E-state index in [9.17, 15) is 18.0 Å². The zero-order valence-electron chi connectivity index (χ0n) is 12.4. The average Bonchev–Trinajstić information content (AvgIpc) is 2.96. The first-order valence-corrected chi connectivity index (χ1v) is 9.35. The SMILES string of the molecule is CCS(=O)(=O)N1CCN(C(=O)c2cc(C(=O)O)cs2)[C@H](C)C1. The number of piperazine rings is 1. The van der Waals surface area contributed by atoms with Gasteiger partial charge in [-0.1, -0.05) is 0 Å². The summed E-state index contributed by atoms with van der Waals surface area (Å²) in [5, 5.41) is 10.3. The summed E-state index contributed by atoms with van der Waals surface area (Å²) in [6.45, 7) is 4.22. The van der Waals surface area contributed by atoms with E-state index in [2.05, 4.69) is 0 Å². The lowest BCUT2D eigenvalue weighted by Crippen LogP contribution is -2.55. The molecule has 0 aliphatic carbocycles. The number of hydrogen-bond donors (Lipinski definition) is 1. The first-order chi connectivity index (χ1) is 10.3. The van der Waals surface area contributed by atoms with E-state index >= 15 is 0 Å². The van der Waals surface area contributed by atoms with Crippen molar-refractivity contribution in [1.29, 1.82) is 0 Å². The van der Waals surface area contributed by atoms with E-state index in [0.29, 0.717) is 11.4 Å². The number of amides is 1. The highest BCUT2D eigenvalue weighted by atomic mass is 32.2. The van der Waals surface area contributed by atoms with E-state index in [1.165, 1.54) is 15.8 Å². The van der Waals surface area contributed by atoms with Gasteiger partial charge in [0.15, 0.2) is 0 Å². The standard InChI is InChI=1S/C13H18N2O5S2/c1-3-22(19,20)14-4-5-15(9(2)7-14)12(16)11-6-10(8-21-11)13(17)18/h6,8-9H,3-5,7H2,1-2H3,(H,17,18)/t9-/m1/s1. The van der Waals surface area contributed by atoms with Crippen LogP contribution in [0.2, 0.25) is 0 Å². The second kappa shape index (κ2) is 6.35. The summed E-state index contributed by atoms with van der Waals surface area (Å²) in [5.41, 5.74) is 0.0909. The van der Waals surface area contributed by atoms with Crippen molar-refractivity contribution in [2.24, 2.45) is 0 Å². The molecular formula is C13H18N2O5S2. The molecule has 1 aromatic heterocycles. The third-order valence-corrected chi connectivity index (χ3v) is 6.43. The van der Waals surface area contributed by atoms with Crippen molar-refractivity contribution >= 4 is 33.2 Å². The van der Waals surface area contributed by atoms with Crippen LogP contribution in [0.4, 0.5) is 0 Å². The van der Waals surface area contributed by atoms with Crippen LogP contribution in [0.15, 0.2) is 11.4 Å². The number of thiophene rings is 1. The molecule has 2 rings (SSSR count). The molecule has 22 heavy (non-hydrogen) atoms. The molecule has 0 unspecified atom stereocenters. The second-order valence-electron chi connectivity index (χ2n) is 5.11. The van der Waals surface area contributed by atoms with Gasteiger partial charge in [0.1, 0.15) is 0 Å². The monoisotopic (exact) mass is 346 g/mol. The number of carbonyl (C=O) groups is 2. The van der Waals surface area contributed by atoms with E-state index in [0.717, 1.165) is 11.3 Å². The minimum atomic E-state index is -3.25. The van der Waals surface area contributed by atoms with Gasteiger partial charge in [-0.25, -0.2) is 13.2 Å². The van der Waals surface area contributed by atoms with E-state index < -0.39 is 16.0 Å². The van der Waals surface area contributed by atoms with Gasteiger partial charge in [-0.3, -0.25) is 4.79 Å². The van der Waals surface area contributed by atoms with Crippen molar-refractivity contribution in [2.45, 2.75) is 19.9 Å². The largest absolute Gasteiger partial charge is 0.478 e. The Hall–Kier alpha value is -1.45. The molecule has 1 atom stereocenters. The van der Waals surface area contributed by atoms with Crippen LogP contribution in [-0.2, 0) is 10.0 Å². The Morgan fingerprint density at radius 2 is 2.09 bits per heavy atom. The Morgan fingerprint density at radius 1 is 1.41 bits per heavy atom. The summed E-state index contributed by atoms with van der Waals surface area (Å²) in [6.07, 6.45) is 0. The maximum absolute atomic E-state index is 12.4. The molecule has 0 aromatic carbocycles. The van der Waals surface area contributed by atoms with Gasteiger partial charge in [-0.2, -0.15) is 4.31 Å². The first-order valence-electron chi connectivity index (χ1n) is 6.87. The smallest absolute Gasteiger partial charge is 0.336 e. The molecule has 1 aromatic rings. The van der Waals surface area contributed by atoms with Crippen molar-refractivity contribution in [2.75, 3.05) is 25.4 Å². The van der Waals surface area contributed by atoms with E-state index in [-0.39, 0.29) is 36.4 Å². The van der Waals surface area contributed by atoms with E-state index in [1.807, 2.05) is 0 Å². The summed E-state index contributed by atoms with van der Waals surface area (Å²) in [7, 11) is -3.25. The van der Waals surface area contributed by atoms with Gasteiger partial charge in [0.05, 0.1) is 16.2 Å². The lowest BCUT2D eigenvalue weighted by atomic mass is 10.2. The lowest BCUT2D eigenvalue weighted by molar-refractivity contribution is 0.0596. The minimum Gasteiger partial charge on any atom is -0.478 e. The van der Waals surface area contributed by atoms with Crippen molar-refractivity contribution in [1.82, 2.24) is 9.21 Å². The number of nitrogens with zero attached hydrogens (tertiary/aromatic N) is 2. The average molecular weight is 346 g/mol. The Labute approximate surface area is 133 Å². The molecule has 0 saturated carbocycles. The predicted octanol–water partition coefficient (Wildman–Crippen LogP) is 0.942. The van der Waals surface area contributed by atoms with Crippen molar-refractivity contribution in [3.8, 4) is 0 Å². The molecule has 1 saturated heterocycles. The molecule has 7 nitrogen and oxygen atoms in total. The van der Waals surface area contributed by atoms with Crippen LogP contribution in [0.1, 0.15) is 33.9 Å². The van der Waals surface area contributed by atoms with Crippen LogP contribution < -0.4 is 0 Å². The molecule has 2 heterocycles. The number of sulfonamides is 1. The highest BCUT2D eigenvalue weighted by Gasteiger charge is 2.33. The van der Waals surface area contributed by atoms with Gasteiger partial charge >= 0.3 is 5.97 Å². The minimum absolute atomic E-state index is 0.0422. The Morgan fingerprint density at radius 3 is 2.59 bits per heavy atom. The summed E-state index contributed by atoms with van der Waals surface area (Å²) >= 11 is 1.09. The molecule has 1 amide bonds. The number of aromatic carboxylic acids is 1. The van der Waals surface area contributed by atoms with Crippen molar-refractivity contribution in [3.63, 3.8) is 0 Å². The molecule has 122 valence electrons. The Kier molecular flexibility index (Phi) is 4.88. The lowest BCUT2D eigenvalue weighted by Gasteiger charge is -2.38. The molecule has 1 N–H and O–H groups in total. The molecule has 0 radical (unpaired) electrons. The van der Waals surface area contributed by atoms with Crippen LogP contribution in [0.25, 0.3) is 0 Å². The molecular weight excluding hydrogens is 328 g/mol. The fourth-order valence-electron chi connectivity index (χ4n) is 2.36. The summed E-state index contributed by atoms with van der Waals surface area (Å²) < 4.78 is 25.2. The molecule has 9 heteroatoms. The Bertz CT molecular complexity index is 682. The third kappa shape index (κ3) is 3.31. The fourth-order valence-corrected chi connectivity index (χ4v) is 4.37. The maximum Gasteiger partial charge on any atom is 0.336 e. The van der Waals surface area contributed by atoms with Crippen LogP contribution in [0.5, 0.6) is 0 Å². The quantitative estimate of drug-likeness (QED) is 0.875. The van der Waals surface area contributed by atoms with Gasteiger partial charge in [-0.05, 0) is 19.9 Å². The van der Waals surface area contributed by atoms with Gasteiger partial charge in [0.25, 0.3) is 5.91 Å². The van der Waals surface area contributed by atoms with E-state index in [4.69, 9.17) is 5.11 Å². The van der Waals surface area contributed by atoms with Crippen molar-refractivity contribution < 1.29 is 23.1 Å². The molecule has 1 aliphatic rings. The molecule has 1 fully saturated rings. The summed E-state index contributed by atoms with van der Waals surface area (Å²) in [5.74, 6) is -1.28. The number of hydrogen-bond acceptors (Lipinski definition) is 5. The van der Waals surface area contributed by atoms with Gasteiger partial charge in [0, 0.05) is 31.1 Å². The zero-order valence-corrected chi connectivity index (χ0v) is 14.0. The van der Waals surface area contributed by atoms with Crippen LogP contribution >= 0.6 is 11.3 Å². The Balaban J connectivity index is 2.11. The van der Waals surface area contributed by atoms with Crippen LogP contribution in [0, 0.1) is 0 Å². The number of rotatable bonds is 4. The molecule has 0 spiro atoms. The highest BCUT2D eigenvalue weighted by molar-refractivity contribution is 7.89. The summed E-state index contributed by atoms with van der Waals surface area (Å²) in [4.78, 5) is 25.3. The molecule has 0 bridgehead atoms. The predicted molar refractivity (Wildman–Crippen MR) is 82.8 cm³/mol. The maximum atomic E-state index is 12.4. The molecule has 1 aliphatic heterocycles. The zero-order chi connectivity index (χ0) is 16.5. The first kappa shape index (κ1) is 16.9. The van der Waals surface area contributed by atoms with Gasteiger partial charge < -0.3 is 10.0 Å². The number of carboxylic acid groups (broad SMARTS) is 1. The van der Waals surface area contributed by atoms with Crippen LogP contribution in [-0.4, -0.2) is 66.0 Å². The van der Waals surface area contributed by atoms with Crippen LogP contribution in [0.3, 0.4) is 0 Å². The van der Waals surface area contributed by atoms with Gasteiger partial charge in [-0.15, -0.1) is 11.3 Å². The van der Waals surface area contributed by atoms with Crippen molar-refractivity contribution in [3.05, 3.63) is 21.9 Å². The fraction of sp³-hybridized carbons (Fsp3) is 0.538. The van der Waals surface area contributed by atoms with E-state index in [1.54, 1.807) is 18.7 Å². The second-order valence-corrected chi connectivity index (χ2v) is 8.28. The number of carbonyl (C=O) groups excluding carboxylic acids is 1. The summed E-state index contributed by atoms with van der Waals surface area (Å²) in [6, 6.07) is 1.11. The number of carboxylic acids is 1.